The van der Waals surface area contributed by atoms with E-state index in [2.05, 4.69) is 0 Å². The molecule has 0 aliphatic rings. The lowest BCUT2D eigenvalue weighted by atomic mass is 10.1. The standard InChI is InChI=1S/C14H20O4S/c1-9(2)5-6-19(17,18)13-8-12(14(15)16)7-10(3)11(13)4/h7-9H,5-6H2,1-4H3,(H,15,16). The van der Waals surface area contributed by atoms with E-state index in [0.29, 0.717) is 23.5 Å². The molecular weight excluding hydrogens is 264 g/mol. The maximum Gasteiger partial charge on any atom is 0.335 e. The van der Waals surface area contributed by atoms with Gasteiger partial charge in [0, 0.05) is 0 Å². The van der Waals surface area contributed by atoms with Crippen LogP contribution in [-0.4, -0.2) is 25.2 Å². The van der Waals surface area contributed by atoms with Crippen molar-refractivity contribution in [2.24, 2.45) is 5.92 Å². The topological polar surface area (TPSA) is 71.4 Å². The fourth-order valence-corrected chi connectivity index (χ4v) is 3.71. The fourth-order valence-electron chi connectivity index (χ4n) is 1.77. The van der Waals surface area contributed by atoms with Crippen LogP contribution in [0.15, 0.2) is 17.0 Å². The van der Waals surface area contributed by atoms with Crippen LogP contribution in [0.3, 0.4) is 0 Å². The number of benzene rings is 1. The molecule has 106 valence electrons. The van der Waals surface area contributed by atoms with Gasteiger partial charge in [-0.05, 0) is 49.4 Å². The van der Waals surface area contributed by atoms with Crippen LogP contribution in [-0.2, 0) is 9.84 Å². The molecule has 0 aliphatic heterocycles. The van der Waals surface area contributed by atoms with Crippen LogP contribution in [0, 0.1) is 19.8 Å². The zero-order valence-corrected chi connectivity index (χ0v) is 12.5. The Morgan fingerprint density at radius 2 is 1.84 bits per heavy atom. The Balaban J connectivity index is 3.29. The first-order valence-electron chi connectivity index (χ1n) is 6.22. The number of sulfone groups is 1. The Hall–Kier alpha value is -1.36. The highest BCUT2D eigenvalue weighted by atomic mass is 32.2. The summed E-state index contributed by atoms with van der Waals surface area (Å²) in [7, 11) is -3.43. The predicted octanol–water partition coefficient (Wildman–Crippen LogP) is 2.82. The van der Waals surface area contributed by atoms with E-state index in [0.717, 1.165) is 0 Å². The van der Waals surface area contributed by atoms with Crippen LogP contribution in [0.25, 0.3) is 0 Å². The molecule has 0 atom stereocenters. The van der Waals surface area contributed by atoms with Crippen molar-refractivity contribution in [1.29, 1.82) is 0 Å². The van der Waals surface area contributed by atoms with E-state index in [1.54, 1.807) is 13.8 Å². The highest BCUT2D eigenvalue weighted by molar-refractivity contribution is 7.91. The van der Waals surface area contributed by atoms with Crippen molar-refractivity contribution < 1.29 is 18.3 Å². The van der Waals surface area contributed by atoms with Crippen LogP contribution in [0.5, 0.6) is 0 Å². The number of carboxylic acid groups (broad SMARTS) is 1. The van der Waals surface area contributed by atoms with Crippen molar-refractivity contribution in [2.45, 2.75) is 39.0 Å². The highest BCUT2D eigenvalue weighted by Crippen LogP contribution is 2.23. The Morgan fingerprint density at radius 1 is 1.26 bits per heavy atom. The van der Waals surface area contributed by atoms with E-state index in [9.17, 15) is 13.2 Å². The summed E-state index contributed by atoms with van der Waals surface area (Å²) < 4.78 is 24.6. The summed E-state index contributed by atoms with van der Waals surface area (Å²) in [5.74, 6) is -0.768. The molecule has 0 aliphatic carbocycles. The number of rotatable bonds is 5. The average molecular weight is 284 g/mol. The third kappa shape index (κ3) is 3.80. The van der Waals surface area contributed by atoms with Gasteiger partial charge in [0.1, 0.15) is 0 Å². The third-order valence-electron chi connectivity index (χ3n) is 3.17. The molecule has 0 fully saturated rings. The highest BCUT2D eigenvalue weighted by Gasteiger charge is 2.21. The Morgan fingerprint density at radius 3 is 2.32 bits per heavy atom. The van der Waals surface area contributed by atoms with Crippen LogP contribution in [0.2, 0.25) is 0 Å². The lowest BCUT2D eigenvalue weighted by Crippen LogP contribution is -2.12. The molecule has 1 aromatic carbocycles. The minimum atomic E-state index is -3.43. The molecule has 0 saturated carbocycles. The SMILES string of the molecule is Cc1cc(C(=O)O)cc(S(=O)(=O)CCC(C)C)c1C. The number of aryl methyl sites for hydroxylation is 1. The molecular formula is C14H20O4S. The van der Waals surface area contributed by atoms with E-state index in [1.165, 1.54) is 12.1 Å². The largest absolute Gasteiger partial charge is 0.478 e. The average Bonchev–Trinajstić information content (AvgIpc) is 2.29. The molecule has 0 unspecified atom stereocenters. The summed E-state index contributed by atoms with van der Waals surface area (Å²) in [5.41, 5.74) is 1.34. The van der Waals surface area contributed by atoms with Crippen molar-refractivity contribution in [3.63, 3.8) is 0 Å². The second-order valence-corrected chi connectivity index (χ2v) is 7.30. The quantitative estimate of drug-likeness (QED) is 0.902. The summed E-state index contributed by atoms with van der Waals surface area (Å²) in [6.45, 7) is 7.36. The molecule has 0 bridgehead atoms. The van der Waals surface area contributed by atoms with E-state index in [-0.39, 0.29) is 16.2 Å². The minimum absolute atomic E-state index is 0.0196. The molecule has 4 nitrogen and oxygen atoms in total. The van der Waals surface area contributed by atoms with Gasteiger partial charge in [-0.15, -0.1) is 0 Å². The second-order valence-electron chi connectivity index (χ2n) is 5.22. The van der Waals surface area contributed by atoms with Gasteiger partial charge in [0.05, 0.1) is 16.2 Å². The van der Waals surface area contributed by atoms with E-state index in [1.807, 2.05) is 13.8 Å². The first-order valence-corrected chi connectivity index (χ1v) is 7.87. The van der Waals surface area contributed by atoms with Gasteiger partial charge in [-0.2, -0.15) is 0 Å². The molecule has 1 aromatic rings. The van der Waals surface area contributed by atoms with Crippen molar-refractivity contribution >= 4 is 15.8 Å². The van der Waals surface area contributed by atoms with Gasteiger partial charge in [0.15, 0.2) is 9.84 Å². The number of carboxylic acids is 1. The third-order valence-corrected chi connectivity index (χ3v) is 5.03. The van der Waals surface area contributed by atoms with Crippen molar-refractivity contribution in [2.75, 3.05) is 5.75 Å². The van der Waals surface area contributed by atoms with Gasteiger partial charge in [0.25, 0.3) is 0 Å². The summed E-state index contributed by atoms with van der Waals surface area (Å²) in [6.07, 6.45) is 0.568. The van der Waals surface area contributed by atoms with Gasteiger partial charge < -0.3 is 5.11 Å². The zero-order valence-electron chi connectivity index (χ0n) is 11.7. The maximum absolute atomic E-state index is 12.3. The summed E-state index contributed by atoms with van der Waals surface area (Å²) in [6, 6.07) is 2.76. The normalized spacial score (nSPS) is 11.8. The smallest absolute Gasteiger partial charge is 0.335 e. The summed E-state index contributed by atoms with van der Waals surface area (Å²) >= 11 is 0. The van der Waals surface area contributed by atoms with E-state index in [4.69, 9.17) is 5.11 Å². The first-order chi connectivity index (χ1) is 8.65. The zero-order chi connectivity index (χ0) is 14.8. The van der Waals surface area contributed by atoms with Crippen molar-refractivity contribution in [3.05, 3.63) is 28.8 Å². The molecule has 0 spiro atoms. The molecule has 0 radical (unpaired) electrons. The molecule has 0 saturated heterocycles. The number of aromatic carboxylic acids is 1. The lowest BCUT2D eigenvalue weighted by Gasteiger charge is -2.12. The number of hydrogen-bond donors (Lipinski definition) is 1. The molecule has 1 rings (SSSR count). The Kier molecular flexibility index (Phi) is 4.74. The van der Waals surface area contributed by atoms with Crippen LogP contribution in [0.4, 0.5) is 0 Å². The summed E-state index contributed by atoms with van der Waals surface area (Å²) in [5, 5.41) is 9.01. The van der Waals surface area contributed by atoms with Gasteiger partial charge in [-0.25, -0.2) is 13.2 Å². The maximum atomic E-state index is 12.3. The molecule has 0 amide bonds. The fraction of sp³-hybridized carbons (Fsp3) is 0.500. The predicted molar refractivity (Wildman–Crippen MR) is 74.4 cm³/mol. The monoisotopic (exact) mass is 284 g/mol. The van der Waals surface area contributed by atoms with Crippen LogP contribution >= 0.6 is 0 Å². The van der Waals surface area contributed by atoms with Gasteiger partial charge in [-0.3, -0.25) is 0 Å². The van der Waals surface area contributed by atoms with Crippen LogP contribution in [0.1, 0.15) is 41.8 Å². The molecule has 0 aromatic heterocycles. The Labute approximate surface area is 114 Å². The van der Waals surface area contributed by atoms with Crippen molar-refractivity contribution in [1.82, 2.24) is 0 Å². The number of carbonyl (C=O) groups is 1. The molecule has 5 heteroatoms. The molecule has 0 heterocycles. The minimum Gasteiger partial charge on any atom is -0.478 e. The van der Waals surface area contributed by atoms with Gasteiger partial charge in [0.2, 0.25) is 0 Å². The summed E-state index contributed by atoms with van der Waals surface area (Å²) in [4.78, 5) is 11.2. The van der Waals surface area contributed by atoms with E-state index >= 15 is 0 Å². The lowest BCUT2D eigenvalue weighted by molar-refractivity contribution is 0.0696. The number of hydrogen-bond acceptors (Lipinski definition) is 3. The first kappa shape index (κ1) is 15.7. The molecule has 1 N–H and O–H groups in total. The van der Waals surface area contributed by atoms with Gasteiger partial charge >= 0.3 is 5.97 Å². The van der Waals surface area contributed by atoms with Crippen LogP contribution < -0.4 is 0 Å². The Bertz CT molecular complexity index is 586. The molecule has 19 heavy (non-hydrogen) atoms. The van der Waals surface area contributed by atoms with Gasteiger partial charge in [-0.1, -0.05) is 13.8 Å². The second kappa shape index (κ2) is 5.74. The van der Waals surface area contributed by atoms with Crippen molar-refractivity contribution in [3.8, 4) is 0 Å². The van der Waals surface area contributed by atoms with E-state index < -0.39 is 15.8 Å².